The number of carbonyl (C=O) groups excluding carboxylic acids is 1. The molecule has 0 spiro atoms. The Bertz CT molecular complexity index is 860. The Morgan fingerprint density at radius 3 is 2.20 bits per heavy atom. The number of carbonyl (C=O) groups is 1. The highest BCUT2D eigenvalue weighted by Gasteiger charge is 2.30. The summed E-state index contributed by atoms with van der Waals surface area (Å²) in [5.41, 5.74) is 6.70. The number of anilines is 1. The smallest absolute Gasteiger partial charge is 0.225 e. The van der Waals surface area contributed by atoms with E-state index in [2.05, 4.69) is 77.9 Å². The molecule has 2 heterocycles. The molecule has 0 unspecified atom stereocenters. The highest BCUT2D eigenvalue weighted by Crippen LogP contribution is 2.26. The van der Waals surface area contributed by atoms with Gasteiger partial charge in [-0.05, 0) is 69.5 Å². The number of benzene rings is 2. The molecule has 0 saturated carbocycles. The molecule has 4 rings (SSSR count). The summed E-state index contributed by atoms with van der Waals surface area (Å²) in [5.74, 6) is 0.581. The van der Waals surface area contributed by atoms with E-state index in [-0.39, 0.29) is 5.92 Å². The molecule has 2 aromatic rings. The fourth-order valence-electron chi connectivity index (χ4n) is 4.79. The van der Waals surface area contributed by atoms with Crippen LogP contribution < -0.4 is 4.90 Å². The lowest BCUT2D eigenvalue weighted by molar-refractivity contribution is -0.137. The van der Waals surface area contributed by atoms with Crippen LogP contribution >= 0.6 is 0 Å². The van der Waals surface area contributed by atoms with Crippen LogP contribution in [-0.4, -0.2) is 55.0 Å². The van der Waals surface area contributed by atoms with Crippen LogP contribution in [0.5, 0.6) is 0 Å². The molecule has 30 heavy (non-hydrogen) atoms. The Kier molecular flexibility index (Phi) is 6.43. The normalized spacial score (nSPS) is 18.6. The Balaban J connectivity index is 1.26. The molecule has 160 valence electrons. The second-order valence-electron chi connectivity index (χ2n) is 9.07. The minimum atomic E-state index is 0.200. The summed E-state index contributed by atoms with van der Waals surface area (Å²) in [7, 11) is 0. The van der Waals surface area contributed by atoms with Crippen molar-refractivity contribution in [3.05, 3.63) is 64.7 Å². The van der Waals surface area contributed by atoms with Gasteiger partial charge in [-0.1, -0.05) is 42.0 Å². The highest BCUT2D eigenvalue weighted by atomic mass is 16.2. The van der Waals surface area contributed by atoms with Crippen LogP contribution in [0, 0.1) is 26.7 Å². The first-order valence-corrected chi connectivity index (χ1v) is 11.4. The Morgan fingerprint density at radius 1 is 0.867 bits per heavy atom. The average Bonchev–Trinajstić information content (AvgIpc) is 2.77. The Labute approximate surface area is 181 Å². The molecule has 2 fully saturated rings. The van der Waals surface area contributed by atoms with Crippen molar-refractivity contribution in [1.29, 1.82) is 0 Å². The fraction of sp³-hybridized carbons (Fsp3) is 0.500. The zero-order chi connectivity index (χ0) is 21.1. The molecule has 0 aromatic heterocycles. The van der Waals surface area contributed by atoms with E-state index in [9.17, 15) is 4.79 Å². The molecular formula is C26H35N3O. The zero-order valence-electron chi connectivity index (χ0n) is 18.7. The SMILES string of the molecule is Cc1ccc(CN2CCC(C(=O)N3CCN(c4cccc(C)c4C)CC3)CC2)cc1. The molecule has 0 radical (unpaired) electrons. The highest BCUT2D eigenvalue weighted by molar-refractivity contribution is 5.79. The number of aryl methyl sites for hydroxylation is 2. The van der Waals surface area contributed by atoms with Crippen molar-refractivity contribution >= 4 is 11.6 Å². The minimum absolute atomic E-state index is 0.200. The predicted octanol–water partition coefficient (Wildman–Crippen LogP) is 4.17. The number of hydrogen-bond acceptors (Lipinski definition) is 3. The van der Waals surface area contributed by atoms with Crippen LogP contribution in [0.4, 0.5) is 5.69 Å². The van der Waals surface area contributed by atoms with Gasteiger partial charge in [-0.25, -0.2) is 0 Å². The van der Waals surface area contributed by atoms with Crippen LogP contribution in [0.25, 0.3) is 0 Å². The number of nitrogens with zero attached hydrogens (tertiary/aromatic N) is 3. The van der Waals surface area contributed by atoms with Crippen molar-refractivity contribution in [1.82, 2.24) is 9.80 Å². The molecule has 2 aromatic carbocycles. The average molecular weight is 406 g/mol. The molecule has 0 atom stereocenters. The van der Waals surface area contributed by atoms with E-state index in [0.29, 0.717) is 5.91 Å². The third-order valence-electron chi connectivity index (χ3n) is 6.97. The van der Waals surface area contributed by atoms with Gasteiger partial charge in [0.15, 0.2) is 0 Å². The van der Waals surface area contributed by atoms with Gasteiger partial charge < -0.3 is 9.80 Å². The molecule has 2 saturated heterocycles. The molecule has 2 aliphatic rings. The number of rotatable bonds is 4. The predicted molar refractivity (Wildman–Crippen MR) is 124 cm³/mol. The number of piperazine rings is 1. The van der Waals surface area contributed by atoms with Crippen LogP contribution in [0.1, 0.15) is 35.1 Å². The molecule has 0 N–H and O–H groups in total. The number of amides is 1. The second kappa shape index (κ2) is 9.22. The zero-order valence-corrected chi connectivity index (χ0v) is 18.7. The summed E-state index contributed by atoms with van der Waals surface area (Å²) in [5, 5.41) is 0. The summed E-state index contributed by atoms with van der Waals surface area (Å²) < 4.78 is 0. The lowest BCUT2D eigenvalue weighted by Gasteiger charge is -2.40. The van der Waals surface area contributed by atoms with Gasteiger partial charge in [0.1, 0.15) is 0 Å². The number of piperidine rings is 1. The van der Waals surface area contributed by atoms with Crippen molar-refractivity contribution in [3.63, 3.8) is 0 Å². The molecule has 0 aliphatic carbocycles. The lowest BCUT2D eigenvalue weighted by Crippen LogP contribution is -2.51. The first-order valence-electron chi connectivity index (χ1n) is 11.4. The molecule has 0 bridgehead atoms. The van der Waals surface area contributed by atoms with E-state index in [1.54, 1.807) is 0 Å². The van der Waals surface area contributed by atoms with Crippen molar-refractivity contribution in [2.45, 2.75) is 40.2 Å². The topological polar surface area (TPSA) is 26.8 Å². The van der Waals surface area contributed by atoms with E-state index in [0.717, 1.165) is 58.7 Å². The van der Waals surface area contributed by atoms with Crippen LogP contribution in [0.15, 0.2) is 42.5 Å². The molecule has 4 nitrogen and oxygen atoms in total. The molecule has 2 aliphatic heterocycles. The summed E-state index contributed by atoms with van der Waals surface area (Å²) in [6.07, 6.45) is 1.98. The van der Waals surface area contributed by atoms with Crippen molar-refractivity contribution in [2.24, 2.45) is 5.92 Å². The third kappa shape index (κ3) is 4.70. The maximum absolute atomic E-state index is 13.1. The van der Waals surface area contributed by atoms with Gasteiger partial charge in [0.05, 0.1) is 0 Å². The number of hydrogen-bond donors (Lipinski definition) is 0. The summed E-state index contributed by atoms with van der Waals surface area (Å²) in [6, 6.07) is 15.3. The quantitative estimate of drug-likeness (QED) is 0.764. The summed E-state index contributed by atoms with van der Waals surface area (Å²) >= 11 is 0. The van der Waals surface area contributed by atoms with Gasteiger partial charge in [-0.3, -0.25) is 9.69 Å². The maximum atomic E-state index is 13.1. The van der Waals surface area contributed by atoms with Crippen LogP contribution in [-0.2, 0) is 11.3 Å². The van der Waals surface area contributed by atoms with Crippen molar-refractivity contribution in [3.8, 4) is 0 Å². The first kappa shape index (κ1) is 20.9. The Morgan fingerprint density at radius 2 is 1.53 bits per heavy atom. The molecular weight excluding hydrogens is 370 g/mol. The van der Waals surface area contributed by atoms with Crippen molar-refractivity contribution < 1.29 is 4.79 Å². The van der Waals surface area contributed by atoms with Gasteiger partial charge >= 0.3 is 0 Å². The monoisotopic (exact) mass is 405 g/mol. The van der Waals surface area contributed by atoms with Gasteiger partial charge in [-0.2, -0.15) is 0 Å². The maximum Gasteiger partial charge on any atom is 0.225 e. The standard InChI is InChI=1S/C26H35N3O/c1-20-7-9-23(10-8-20)19-27-13-11-24(12-14-27)26(30)29-17-15-28(16-18-29)25-6-4-5-21(2)22(25)3/h4-10,24H,11-19H2,1-3H3. The summed E-state index contributed by atoms with van der Waals surface area (Å²) in [4.78, 5) is 20.2. The first-order chi connectivity index (χ1) is 14.5. The third-order valence-corrected chi connectivity index (χ3v) is 6.97. The van der Waals surface area contributed by atoms with E-state index in [1.165, 1.54) is 27.9 Å². The minimum Gasteiger partial charge on any atom is -0.368 e. The Hall–Kier alpha value is -2.33. The van der Waals surface area contributed by atoms with Gasteiger partial charge in [0.2, 0.25) is 5.91 Å². The summed E-state index contributed by atoms with van der Waals surface area (Å²) in [6.45, 7) is 13.1. The second-order valence-corrected chi connectivity index (χ2v) is 9.07. The molecule has 4 heteroatoms. The van der Waals surface area contributed by atoms with E-state index in [4.69, 9.17) is 0 Å². The largest absolute Gasteiger partial charge is 0.368 e. The van der Waals surface area contributed by atoms with Crippen LogP contribution in [0.3, 0.4) is 0 Å². The fourth-order valence-corrected chi connectivity index (χ4v) is 4.79. The number of likely N-dealkylation sites (tertiary alicyclic amines) is 1. The van der Waals surface area contributed by atoms with E-state index >= 15 is 0 Å². The lowest BCUT2D eigenvalue weighted by atomic mass is 9.94. The van der Waals surface area contributed by atoms with Crippen molar-refractivity contribution in [2.75, 3.05) is 44.2 Å². The van der Waals surface area contributed by atoms with E-state index in [1.807, 2.05) is 0 Å². The molecule has 1 amide bonds. The van der Waals surface area contributed by atoms with E-state index < -0.39 is 0 Å². The van der Waals surface area contributed by atoms with Gasteiger partial charge in [0.25, 0.3) is 0 Å². The van der Waals surface area contributed by atoms with Gasteiger partial charge in [0, 0.05) is 44.3 Å². The van der Waals surface area contributed by atoms with Crippen LogP contribution in [0.2, 0.25) is 0 Å². The van der Waals surface area contributed by atoms with Gasteiger partial charge in [-0.15, -0.1) is 0 Å².